The second kappa shape index (κ2) is 7.41. The fourth-order valence-corrected chi connectivity index (χ4v) is 5.82. The normalized spacial score (nSPS) is 9.40. The number of hydrogen-bond donors (Lipinski definition) is 0. The Morgan fingerprint density at radius 3 is 2.30 bits per heavy atom. The van der Waals surface area contributed by atoms with Crippen molar-refractivity contribution in [3.8, 4) is 0 Å². The molecule has 0 heterocycles. The van der Waals surface area contributed by atoms with Crippen LogP contribution in [0.3, 0.4) is 0 Å². The van der Waals surface area contributed by atoms with Gasteiger partial charge in [0.1, 0.15) is 0 Å². The van der Waals surface area contributed by atoms with Gasteiger partial charge in [0.25, 0.3) is 0 Å². The minimum absolute atomic E-state index is 0.793. The van der Waals surface area contributed by atoms with Crippen LogP contribution in [-0.2, 0) is 4.79 Å². The van der Waals surface area contributed by atoms with Crippen molar-refractivity contribution in [1.29, 1.82) is 0 Å². The molecule has 0 bridgehead atoms. The standard InChI is InChI=1S/C4H7O.2C2H5.Ga/c1-2-3-4-5;2*1-2;/h4H,1-3H2;2*1H2,2H3;. The van der Waals surface area contributed by atoms with E-state index in [1.54, 1.807) is 0 Å². The molecule has 0 aliphatic carbocycles. The Bertz CT molecular complexity index is 79.3. The average molecular weight is 199 g/mol. The van der Waals surface area contributed by atoms with Gasteiger partial charge in [-0.25, -0.2) is 0 Å². The zero-order valence-electron chi connectivity index (χ0n) is 7.10. The van der Waals surface area contributed by atoms with Crippen molar-refractivity contribution in [2.24, 2.45) is 0 Å². The molecule has 0 rings (SSSR count). The number of aldehydes is 1. The maximum absolute atomic E-state index is 9.98. The number of carbonyl (C=O) groups is 1. The first-order chi connectivity index (χ1) is 4.85. The van der Waals surface area contributed by atoms with Crippen molar-refractivity contribution in [3.05, 3.63) is 0 Å². The Morgan fingerprint density at radius 2 is 1.90 bits per heavy atom. The molecular formula is C8H17GaO. The average Bonchev–Trinajstić information content (AvgIpc) is 1.99. The molecule has 0 saturated heterocycles. The Morgan fingerprint density at radius 1 is 1.30 bits per heavy atom. The predicted molar refractivity (Wildman–Crippen MR) is 46.8 cm³/mol. The van der Waals surface area contributed by atoms with E-state index in [9.17, 15) is 4.79 Å². The third kappa shape index (κ3) is 5.12. The molecule has 0 N–H and O–H groups in total. The Labute approximate surface area is 69.2 Å². The molecule has 0 radical (unpaired) electrons. The van der Waals surface area contributed by atoms with Gasteiger partial charge in [0.05, 0.1) is 0 Å². The van der Waals surface area contributed by atoms with Crippen LogP contribution in [0, 0.1) is 0 Å². The van der Waals surface area contributed by atoms with Crippen LogP contribution in [0.5, 0.6) is 0 Å². The van der Waals surface area contributed by atoms with Crippen LogP contribution in [-0.4, -0.2) is 22.5 Å². The molecule has 0 unspecified atom stereocenters. The van der Waals surface area contributed by atoms with Crippen LogP contribution in [0.25, 0.3) is 0 Å². The van der Waals surface area contributed by atoms with E-state index in [1.165, 1.54) is 14.9 Å². The van der Waals surface area contributed by atoms with E-state index in [0.29, 0.717) is 0 Å². The van der Waals surface area contributed by atoms with Gasteiger partial charge < -0.3 is 0 Å². The first kappa shape index (κ1) is 10.3. The molecule has 0 aromatic heterocycles. The van der Waals surface area contributed by atoms with Crippen LogP contribution < -0.4 is 0 Å². The van der Waals surface area contributed by atoms with Crippen LogP contribution in [0.2, 0.25) is 14.9 Å². The predicted octanol–water partition coefficient (Wildman–Crippen LogP) is 2.50. The summed E-state index contributed by atoms with van der Waals surface area (Å²) in [7, 11) is 0. The molecule has 58 valence electrons. The number of rotatable bonds is 6. The summed E-state index contributed by atoms with van der Waals surface area (Å²) in [6.45, 7) is 4.60. The van der Waals surface area contributed by atoms with E-state index < -0.39 is 16.2 Å². The summed E-state index contributed by atoms with van der Waals surface area (Å²) >= 11 is -0.813. The van der Waals surface area contributed by atoms with E-state index in [2.05, 4.69) is 13.8 Å². The van der Waals surface area contributed by atoms with Gasteiger partial charge in [-0.3, -0.25) is 0 Å². The molecule has 0 aliphatic rings. The second-order valence-electron chi connectivity index (χ2n) is 2.78. The van der Waals surface area contributed by atoms with E-state index in [4.69, 9.17) is 0 Å². The summed E-state index contributed by atoms with van der Waals surface area (Å²) in [4.78, 5) is 14.3. The fourth-order valence-electron chi connectivity index (χ4n) is 1.19. The van der Waals surface area contributed by atoms with Crippen molar-refractivity contribution in [2.75, 3.05) is 0 Å². The molecule has 0 atom stereocenters. The molecule has 0 aliphatic heterocycles. The van der Waals surface area contributed by atoms with E-state index >= 15 is 0 Å². The molecular weight excluding hydrogens is 182 g/mol. The van der Waals surface area contributed by atoms with Crippen molar-refractivity contribution in [1.82, 2.24) is 0 Å². The van der Waals surface area contributed by atoms with Gasteiger partial charge >= 0.3 is 68.9 Å². The van der Waals surface area contributed by atoms with Gasteiger partial charge in [0.15, 0.2) is 0 Å². The zero-order chi connectivity index (χ0) is 7.82. The molecule has 10 heavy (non-hydrogen) atoms. The van der Waals surface area contributed by atoms with Gasteiger partial charge in [-0.2, -0.15) is 0 Å². The van der Waals surface area contributed by atoms with Crippen LogP contribution in [0.1, 0.15) is 26.7 Å². The number of carbonyl (C=O) groups excluding carboxylic acids is 1. The van der Waals surface area contributed by atoms with E-state index in [1.807, 2.05) is 0 Å². The SMILES string of the molecule is C[CH2][Ga]([CH2]C)[CH2]CCC=O. The Balaban J connectivity index is 3.16. The molecule has 2 heteroatoms. The Hall–Kier alpha value is 0.306. The summed E-state index contributed by atoms with van der Waals surface area (Å²) in [6.07, 6.45) is 3.00. The third-order valence-corrected chi connectivity index (χ3v) is 9.50. The maximum atomic E-state index is 9.98. The van der Waals surface area contributed by atoms with Crippen LogP contribution >= 0.6 is 0 Å². The summed E-state index contributed by atoms with van der Waals surface area (Å²) < 4.78 is 0. The Kier molecular flexibility index (Phi) is 7.64. The first-order valence-corrected chi connectivity index (χ1v) is 9.42. The number of unbranched alkanes of at least 4 members (excludes halogenated alkanes) is 1. The molecule has 0 aromatic carbocycles. The molecule has 0 spiro atoms. The van der Waals surface area contributed by atoms with E-state index in [-0.39, 0.29) is 0 Å². The van der Waals surface area contributed by atoms with Gasteiger partial charge in [-0.05, 0) is 0 Å². The van der Waals surface area contributed by atoms with Crippen LogP contribution in [0.15, 0.2) is 0 Å². The molecule has 1 nitrogen and oxygen atoms in total. The first-order valence-electron chi connectivity index (χ1n) is 4.28. The number of hydrogen-bond acceptors (Lipinski definition) is 1. The van der Waals surface area contributed by atoms with Crippen molar-refractivity contribution < 1.29 is 4.79 Å². The van der Waals surface area contributed by atoms with Crippen molar-refractivity contribution in [2.45, 2.75) is 41.6 Å². The van der Waals surface area contributed by atoms with Crippen molar-refractivity contribution in [3.63, 3.8) is 0 Å². The topological polar surface area (TPSA) is 17.1 Å². The van der Waals surface area contributed by atoms with Crippen molar-refractivity contribution >= 4 is 22.5 Å². The van der Waals surface area contributed by atoms with Gasteiger partial charge in [0.2, 0.25) is 0 Å². The van der Waals surface area contributed by atoms with Crippen LogP contribution in [0.4, 0.5) is 0 Å². The van der Waals surface area contributed by atoms with Gasteiger partial charge in [-0.15, -0.1) is 0 Å². The monoisotopic (exact) mass is 198 g/mol. The quantitative estimate of drug-likeness (QED) is 0.364. The minimum atomic E-state index is -0.813. The zero-order valence-corrected chi connectivity index (χ0v) is 9.52. The molecule has 0 amide bonds. The van der Waals surface area contributed by atoms with Gasteiger partial charge in [0, 0.05) is 0 Å². The summed E-state index contributed by atoms with van der Waals surface area (Å²) in [5.41, 5.74) is 0. The summed E-state index contributed by atoms with van der Waals surface area (Å²) in [6, 6.07) is 0. The van der Waals surface area contributed by atoms with E-state index in [0.717, 1.165) is 19.1 Å². The molecule has 0 saturated carbocycles. The fraction of sp³-hybridized carbons (Fsp3) is 0.875. The summed E-state index contributed by atoms with van der Waals surface area (Å²) in [5, 5.41) is 0. The third-order valence-electron chi connectivity index (χ3n) is 2.09. The molecule has 0 fully saturated rings. The second-order valence-corrected chi connectivity index (χ2v) is 11.1. The molecule has 0 aromatic rings. The summed E-state index contributed by atoms with van der Waals surface area (Å²) in [5.74, 6) is 0. The van der Waals surface area contributed by atoms with Gasteiger partial charge in [-0.1, -0.05) is 0 Å².